The second-order valence-corrected chi connectivity index (χ2v) is 4.43. The van der Waals surface area contributed by atoms with Crippen molar-refractivity contribution in [2.45, 2.75) is 52.1 Å². The second-order valence-electron chi connectivity index (χ2n) is 4.43. The molecule has 1 rings (SSSR count). The van der Waals surface area contributed by atoms with E-state index in [9.17, 15) is 0 Å². The molecule has 0 aliphatic heterocycles. The lowest BCUT2D eigenvalue weighted by molar-refractivity contribution is 0.0635. The van der Waals surface area contributed by atoms with Crippen molar-refractivity contribution in [2.24, 2.45) is 0 Å². The van der Waals surface area contributed by atoms with Crippen LogP contribution in [0, 0.1) is 0 Å². The van der Waals surface area contributed by atoms with Gasteiger partial charge in [0.15, 0.2) is 0 Å². The van der Waals surface area contributed by atoms with Gasteiger partial charge in [-0.3, -0.25) is 0 Å². The topological polar surface area (TPSA) is 9.23 Å². The number of hydrogen-bond acceptors (Lipinski definition) is 1. The van der Waals surface area contributed by atoms with Crippen molar-refractivity contribution in [3.8, 4) is 0 Å². The molecule has 0 heterocycles. The number of rotatable bonds is 8. The first-order valence-electron chi connectivity index (χ1n) is 6.48. The van der Waals surface area contributed by atoms with Crippen molar-refractivity contribution < 1.29 is 4.74 Å². The second kappa shape index (κ2) is 8.35. The molecule has 0 N–H and O–H groups in total. The monoisotopic (exact) mass is 220 g/mol. The predicted molar refractivity (Wildman–Crippen MR) is 69.7 cm³/mol. The van der Waals surface area contributed by atoms with Gasteiger partial charge in [0, 0.05) is 6.61 Å². The summed E-state index contributed by atoms with van der Waals surface area (Å²) >= 11 is 0. The average molecular weight is 220 g/mol. The van der Waals surface area contributed by atoms with Gasteiger partial charge >= 0.3 is 0 Å². The predicted octanol–water partition coefficient (Wildman–Crippen LogP) is 4.21. The Morgan fingerprint density at radius 1 is 1.06 bits per heavy atom. The lowest BCUT2D eigenvalue weighted by Gasteiger charge is -2.12. The Labute approximate surface area is 99.8 Å². The van der Waals surface area contributed by atoms with E-state index in [4.69, 9.17) is 4.74 Å². The maximum atomic E-state index is 5.79. The molecule has 0 bridgehead atoms. The summed E-state index contributed by atoms with van der Waals surface area (Å²) in [6.07, 6.45) is 6.48. The molecule has 0 amide bonds. The summed E-state index contributed by atoms with van der Waals surface area (Å²) in [5, 5.41) is 0. The van der Waals surface area contributed by atoms with Crippen LogP contribution in [0.1, 0.15) is 45.1 Å². The van der Waals surface area contributed by atoms with E-state index in [-0.39, 0.29) is 0 Å². The Bertz CT molecular complexity index is 255. The van der Waals surface area contributed by atoms with E-state index in [2.05, 4.69) is 44.2 Å². The van der Waals surface area contributed by atoms with Crippen LogP contribution in [0.2, 0.25) is 0 Å². The van der Waals surface area contributed by atoms with Crippen LogP contribution in [-0.4, -0.2) is 12.7 Å². The molecule has 16 heavy (non-hydrogen) atoms. The number of benzene rings is 1. The van der Waals surface area contributed by atoms with Gasteiger partial charge in [-0.15, -0.1) is 0 Å². The van der Waals surface area contributed by atoms with Crippen molar-refractivity contribution in [3.63, 3.8) is 0 Å². The third kappa shape index (κ3) is 5.92. The van der Waals surface area contributed by atoms with Gasteiger partial charge in [-0.2, -0.15) is 0 Å². The van der Waals surface area contributed by atoms with Crippen LogP contribution in [0.25, 0.3) is 0 Å². The maximum absolute atomic E-state index is 5.79. The van der Waals surface area contributed by atoms with Gasteiger partial charge in [0.2, 0.25) is 0 Å². The van der Waals surface area contributed by atoms with Crippen molar-refractivity contribution in [3.05, 3.63) is 35.9 Å². The smallest absolute Gasteiger partial charge is 0.0587 e. The fourth-order valence-electron chi connectivity index (χ4n) is 1.82. The van der Waals surface area contributed by atoms with Crippen LogP contribution < -0.4 is 0 Å². The zero-order chi connectivity index (χ0) is 11.6. The Hall–Kier alpha value is -0.820. The highest BCUT2D eigenvalue weighted by atomic mass is 16.5. The van der Waals surface area contributed by atoms with E-state index in [0.29, 0.717) is 6.10 Å². The molecular formula is C15H24O. The summed E-state index contributed by atoms with van der Waals surface area (Å²) in [5.74, 6) is 0. The van der Waals surface area contributed by atoms with Crippen LogP contribution in [0.15, 0.2) is 30.3 Å². The van der Waals surface area contributed by atoms with Gasteiger partial charge < -0.3 is 4.74 Å². The lowest BCUT2D eigenvalue weighted by atomic mass is 10.1. The van der Waals surface area contributed by atoms with Crippen LogP contribution >= 0.6 is 0 Å². The molecule has 0 unspecified atom stereocenters. The fourth-order valence-corrected chi connectivity index (χ4v) is 1.82. The summed E-state index contributed by atoms with van der Waals surface area (Å²) in [7, 11) is 0. The van der Waals surface area contributed by atoms with E-state index in [1.165, 1.54) is 31.2 Å². The SMILES string of the molecule is CCCCCCO[C@@H](C)Cc1ccccc1. The highest BCUT2D eigenvalue weighted by Gasteiger charge is 2.02. The highest BCUT2D eigenvalue weighted by Crippen LogP contribution is 2.07. The van der Waals surface area contributed by atoms with Crippen molar-refractivity contribution in [1.29, 1.82) is 0 Å². The molecule has 1 heteroatoms. The van der Waals surface area contributed by atoms with Crippen LogP contribution in [-0.2, 0) is 11.2 Å². The van der Waals surface area contributed by atoms with E-state index < -0.39 is 0 Å². The summed E-state index contributed by atoms with van der Waals surface area (Å²) in [6.45, 7) is 5.31. The van der Waals surface area contributed by atoms with Gasteiger partial charge in [0.05, 0.1) is 6.10 Å². The number of unbranched alkanes of at least 4 members (excludes halogenated alkanes) is 3. The Morgan fingerprint density at radius 2 is 1.81 bits per heavy atom. The standard InChI is InChI=1S/C15H24O/c1-3-4-5-9-12-16-14(2)13-15-10-7-6-8-11-15/h6-8,10-11,14H,3-5,9,12-13H2,1-2H3/t14-/m0/s1. The molecule has 0 aliphatic rings. The number of hydrogen-bond donors (Lipinski definition) is 0. The minimum atomic E-state index is 0.337. The quantitative estimate of drug-likeness (QED) is 0.596. The molecule has 1 aromatic carbocycles. The van der Waals surface area contributed by atoms with Crippen LogP contribution in [0.5, 0.6) is 0 Å². The lowest BCUT2D eigenvalue weighted by Crippen LogP contribution is -2.12. The minimum Gasteiger partial charge on any atom is -0.378 e. The summed E-state index contributed by atoms with van der Waals surface area (Å²) < 4.78 is 5.79. The summed E-state index contributed by atoms with van der Waals surface area (Å²) in [6, 6.07) is 10.6. The molecule has 0 saturated heterocycles. The molecule has 0 aliphatic carbocycles. The Kier molecular flexibility index (Phi) is 6.91. The minimum absolute atomic E-state index is 0.337. The third-order valence-electron chi connectivity index (χ3n) is 2.77. The number of ether oxygens (including phenoxy) is 1. The normalized spacial score (nSPS) is 12.6. The van der Waals surface area contributed by atoms with Crippen LogP contribution in [0.4, 0.5) is 0 Å². The zero-order valence-corrected chi connectivity index (χ0v) is 10.6. The fraction of sp³-hybridized carbons (Fsp3) is 0.600. The van der Waals surface area contributed by atoms with Gasteiger partial charge in [-0.25, -0.2) is 0 Å². The molecule has 90 valence electrons. The molecule has 0 aromatic heterocycles. The van der Waals surface area contributed by atoms with E-state index in [1.807, 2.05) is 0 Å². The Morgan fingerprint density at radius 3 is 2.50 bits per heavy atom. The molecule has 0 saturated carbocycles. The van der Waals surface area contributed by atoms with Crippen LogP contribution in [0.3, 0.4) is 0 Å². The first-order valence-corrected chi connectivity index (χ1v) is 6.48. The molecular weight excluding hydrogens is 196 g/mol. The molecule has 0 radical (unpaired) electrons. The summed E-state index contributed by atoms with van der Waals surface area (Å²) in [5.41, 5.74) is 1.36. The van der Waals surface area contributed by atoms with Gasteiger partial charge in [-0.05, 0) is 25.3 Å². The third-order valence-corrected chi connectivity index (χ3v) is 2.77. The largest absolute Gasteiger partial charge is 0.378 e. The van der Waals surface area contributed by atoms with Crippen molar-refractivity contribution in [1.82, 2.24) is 0 Å². The molecule has 1 atom stereocenters. The van der Waals surface area contributed by atoms with E-state index in [1.54, 1.807) is 0 Å². The first kappa shape index (κ1) is 13.2. The molecule has 1 aromatic rings. The van der Waals surface area contributed by atoms with E-state index >= 15 is 0 Å². The van der Waals surface area contributed by atoms with E-state index in [0.717, 1.165) is 13.0 Å². The molecule has 1 nitrogen and oxygen atoms in total. The first-order chi connectivity index (χ1) is 7.83. The maximum Gasteiger partial charge on any atom is 0.0587 e. The van der Waals surface area contributed by atoms with Crippen molar-refractivity contribution >= 4 is 0 Å². The molecule has 0 fully saturated rings. The highest BCUT2D eigenvalue weighted by molar-refractivity contribution is 5.15. The van der Waals surface area contributed by atoms with Crippen molar-refractivity contribution in [2.75, 3.05) is 6.61 Å². The van der Waals surface area contributed by atoms with Gasteiger partial charge in [-0.1, -0.05) is 56.5 Å². The molecule has 0 spiro atoms. The Balaban J connectivity index is 2.09. The summed E-state index contributed by atoms with van der Waals surface area (Å²) in [4.78, 5) is 0. The van der Waals surface area contributed by atoms with Gasteiger partial charge in [0.1, 0.15) is 0 Å². The average Bonchev–Trinajstić information content (AvgIpc) is 2.30. The van der Waals surface area contributed by atoms with Gasteiger partial charge in [0.25, 0.3) is 0 Å². The zero-order valence-electron chi connectivity index (χ0n) is 10.6.